The number of aryl methyl sites for hydroxylation is 1. The number of hydrogen-bond acceptors (Lipinski definition) is 4. The fourth-order valence-electron chi connectivity index (χ4n) is 2.03. The van der Waals surface area contributed by atoms with Crippen molar-refractivity contribution in [3.05, 3.63) is 29.3 Å². The van der Waals surface area contributed by atoms with Crippen LogP contribution in [0.3, 0.4) is 0 Å². The lowest BCUT2D eigenvalue weighted by molar-refractivity contribution is 0.0778. The number of sulfonamides is 1. The van der Waals surface area contributed by atoms with E-state index >= 15 is 0 Å². The van der Waals surface area contributed by atoms with Gasteiger partial charge in [-0.05, 0) is 51.3 Å². The first kappa shape index (κ1) is 20.6. The zero-order chi connectivity index (χ0) is 18.2. The van der Waals surface area contributed by atoms with Gasteiger partial charge >= 0.3 is 0 Å². The third kappa shape index (κ3) is 6.59. The van der Waals surface area contributed by atoms with E-state index in [0.717, 1.165) is 12.0 Å². The van der Waals surface area contributed by atoms with Gasteiger partial charge in [-0.3, -0.25) is 4.79 Å². The molecule has 0 atom stereocenters. The van der Waals surface area contributed by atoms with Crippen LogP contribution in [0, 0.1) is 6.92 Å². The van der Waals surface area contributed by atoms with Crippen LogP contribution < -0.4 is 10.0 Å². The molecule has 1 rings (SSSR count). The second-order valence-corrected chi connectivity index (χ2v) is 7.67. The van der Waals surface area contributed by atoms with Gasteiger partial charge in [0.05, 0.1) is 11.0 Å². The minimum atomic E-state index is -3.64. The van der Waals surface area contributed by atoms with Crippen molar-refractivity contribution in [1.29, 1.82) is 0 Å². The van der Waals surface area contributed by atoms with E-state index < -0.39 is 10.0 Å². The van der Waals surface area contributed by atoms with Crippen LogP contribution in [0.15, 0.2) is 23.1 Å². The number of benzene rings is 1. The predicted octanol–water partition coefficient (Wildman–Crippen LogP) is 2.23. The molecule has 0 radical (unpaired) electrons. The second kappa shape index (κ2) is 9.76. The van der Waals surface area contributed by atoms with E-state index in [0.29, 0.717) is 31.7 Å². The lowest BCUT2D eigenvalue weighted by Crippen LogP contribution is -2.28. The number of nitrogens with one attached hydrogen (secondary N) is 2. The SMILES string of the molecule is CCCNC(=O)c1cc(S(=O)(=O)NCCCOC(C)C)ccc1C. The zero-order valence-corrected chi connectivity index (χ0v) is 15.7. The van der Waals surface area contributed by atoms with Crippen LogP contribution in [0.4, 0.5) is 0 Å². The summed E-state index contributed by atoms with van der Waals surface area (Å²) in [6, 6.07) is 4.59. The van der Waals surface area contributed by atoms with Gasteiger partial charge in [0.25, 0.3) is 5.91 Å². The Kier molecular flexibility index (Phi) is 8.38. The molecule has 0 aromatic heterocycles. The van der Waals surface area contributed by atoms with Crippen LogP contribution in [0.1, 0.15) is 49.5 Å². The molecular formula is C17H28N2O4S. The van der Waals surface area contributed by atoms with Crippen LogP contribution in [0.25, 0.3) is 0 Å². The molecule has 0 aliphatic heterocycles. The van der Waals surface area contributed by atoms with E-state index in [1.807, 2.05) is 20.8 Å². The average molecular weight is 356 g/mol. The Hall–Kier alpha value is -1.44. The lowest BCUT2D eigenvalue weighted by Gasteiger charge is -2.11. The van der Waals surface area contributed by atoms with Crippen LogP contribution in [0.2, 0.25) is 0 Å². The first-order chi connectivity index (χ1) is 11.3. The number of amides is 1. The van der Waals surface area contributed by atoms with Gasteiger partial charge in [0.1, 0.15) is 0 Å². The molecule has 0 aliphatic carbocycles. The van der Waals surface area contributed by atoms with E-state index in [9.17, 15) is 13.2 Å². The fraction of sp³-hybridized carbons (Fsp3) is 0.588. The third-order valence-corrected chi connectivity index (χ3v) is 4.82. The highest BCUT2D eigenvalue weighted by molar-refractivity contribution is 7.89. The summed E-state index contributed by atoms with van der Waals surface area (Å²) < 4.78 is 32.6. The molecule has 2 N–H and O–H groups in total. The van der Waals surface area contributed by atoms with Gasteiger partial charge in [-0.2, -0.15) is 0 Å². The highest BCUT2D eigenvalue weighted by Gasteiger charge is 2.17. The average Bonchev–Trinajstić information content (AvgIpc) is 2.52. The van der Waals surface area contributed by atoms with Crippen molar-refractivity contribution >= 4 is 15.9 Å². The molecule has 1 aromatic rings. The molecular weight excluding hydrogens is 328 g/mol. The first-order valence-electron chi connectivity index (χ1n) is 8.28. The fourth-order valence-corrected chi connectivity index (χ4v) is 3.13. The molecule has 0 bridgehead atoms. The van der Waals surface area contributed by atoms with Gasteiger partial charge in [-0.15, -0.1) is 0 Å². The quantitative estimate of drug-likeness (QED) is 0.630. The standard InChI is InChI=1S/C17H28N2O4S/c1-5-9-18-17(20)16-12-15(8-7-14(16)4)24(21,22)19-10-6-11-23-13(2)3/h7-8,12-13,19H,5-6,9-11H2,1-4H3,(H,18,20). The van der Waals surface area contributed by atoms with Crippen molar-refractivity contribution < 1.29 is 17.9 Å². The van der Waals surface area contributed by atoms with Gasteiger partial charge in [0.2, 0.25) is 10.0 Å². The molecule has 0 saturated carbocycles. The Morgan fingerprint density at radius 1 is 1.25 bits per heavy atom. The number of carbonyl (C=O) groups is 1. The molecule has 1 aromatic carbocycles. The lowest BCUT2D eigenvalue weighted by atomic mass is 10.1. The van der Waals surface area contributed by atoms with Crippen LogP contribution in [-0.2, 0) is 14.8 Å². The highest BCUT2D eigenvalue weighted by atomic mass is 32.2. The van der Waals surface area contributed by atoms with E-state index in [-0.39, 0.29) is 16.9 Å². The van der Waals surface area contributed by atoms with Crippen LogP contribution in [-0.4, -0.2) is 40.1 Å². The van der Waals surface area contributed by atoms with Crippen LogP contribution >= 0.6 is 0 Å². The van der Waals surface area contributed by atoms with E-state index in [2.05, 4.69) is 10.0 Å². The Bertz CT molecular complexity index is 642. The monoisotopic (exact) mass is 356 g/mol. The largest absolute Gasteiger partial charge is 0.379 e. The van der Waals surface area contributed by atoms with Crippen molar-refractivity contribution in [2.45, 2.75) is 51.5 Å². The summed E-state index contributed by atoms with van der Waals surface area (Å²) in [5, 5.41) is 2.77. The zero-order valence-electron chi connectivity index (χ0n) is 14.9. The van der Waals surface area contributed by atoms with Gasteiger partial charge in [-0.1, -0.05) is 13.0 Å². The van der Waals surface area contributed by atoms with Gasteiger partial charge in [0, 0.05) is 25.3 Å². The summed E-state index contributed by atoms with van der Waals surface area (Å²) in [7, 11) is -3.64. The summed E-state index contributed by atoms with van der Waals surface area (Å²) in [6.07, 6.45) is 1.54. The first-order valence-corrected chi connectivity index (χ1v) is 9.76. The Labute approximate surface area is 145 Å². The molecule has 0 heterocycles. The number of hydrogen-bond donors (Lipinski definition) is 2. The van der Waals surface area contributed by atoms with Crippen LogP contribution in [0.5, 0.6) is 0 Å². The number of ether oxygens (including phenoxy) is 1. The molecule has 0 spiro atoms. The van der Waals surface area contributed by atoms with Gasteiger partial charge in [-0.25, -0.2) is 13.1 Å². The predicted molar refractivity (Wildman–Crippen MR) is 94.7 cm³/mol. The van der Waals surface area contributed by atoms with E-state index in [1.165, 1.54) is 12.1 Å². The molecule has 1 amide bonds. The molecule has 0 aliphatic rings. The van der Waals surface area contributed by atoms with Crippen molar-refractivity contribution in [2.24, 2.45) is 0 Å². The van der Waals surface area contributed by atoms with Crippen molar-refractivity contribution in [1.82, 2.24) is 10.0 Å². The minimum absolute atomic E-state index is 0.0968. The third-order valence-electron chi connectivity index (χ3n) is 3.36. The Morgan fingerprint density at radius 3 is 2.58 bits per heavy atom. The molecule has 136 valence electrons. The van der Waals surface area contributed by atoms with Gasteiger partial charge in [0.15, 0.2) is 0 Å². The second-order valence-electron chi connectivity index (χ2n) is 5.90. The molecule has 6 nitrogen and oxygen atoms in total. The molecule has 24 heavy (non-hydrogen) atoms. The number of rotatable bonds is 10. The summed E-state index contributed by atoms with van der Waals surface area (Å²) in [4.78, 5) is 12.2. The topological polar surface area (TPSA) is 84.5 Å². The van der Waals surface area contributed by atoms with E-state index in [4.69, 9.17) is 4.74 Å². The Balaban J connectivity index is 2.75. The molecule has 7 heteroatoms. The number of carbonyl (C=O) groups excluding carboxylic acids is 1. The van der Waals surface area contributed by atoms with Gasteiger partial charge < -0.3 is 10.1 Å². The molecule has 0 fully saturated rings. The highest BCUT2D eigenvalue weighted by Crippen LogP contribution is 2.15. The summed E-state index contributed by atoms with van der Waals surface area (Å²) >= 11 is 0. The smallest absolute Gasteiger partial charge is 0.251 e. The maximum absolute atomic E-state index is 12.3. The minimum Gasteiger partial charge on any atom is -0.379 e. The van der Waals surface area contributed by atoms with E-state index in [1.54, 1.807) is 13.0 Å². The maximum Gasteiger partial charge on any atom is 0.251 e. The normalized spacial score (nSPS) is 11.7. The Morgan fingerprint density at radius 2 is 1.96 bits per heavy atom. The van der Waals surface area contributed by atoms with Crippen molar-refractivity contribution in [3.63, 3.8) is 0 Å². The summed E-state index contributed by atoms with van der Waals surface area (Å²) in [5.74, 6) is -0.253. The maximum atomic E-state index is 12.3. The van der Waals surface area contributed by atoms with Crippen molar-refractivity contribution in [2.75, 3.05) is 19.7 Å². The summed E-state index contributed by atoms with van der Waals surface area (Å²) in [6.45, 7) is 8.96. The van der Waals surface area contributed by atoms with Crippen molar-refractivity contribution in [3.8, 4) is 0 Å². The molecule has 0 unspecified atom stereocenters. The summed E-state index contributed by atoms with van der Waals surface area (Å²) in [5.41, 5.74) is 1.13. The molecule has 0 saturated heterocycles.